The molecule has 27 heavy (non-hydrogen) atoms. The lowest BCUT2D eigenvalue weighted by atomic mass is 9.86. The Morgan fingerprint density at radius 2 is 1.93 bits per heavy atom. The fourth-order valence-electron chi connectivity index (χ4n) is 4.93. The Bertz CT molecular complexity index is 630. The number of piperazine rings is 1. The number of carbonyl (C=O) groups is 1. The first-order chi connectivity index (χ1) is 13.1. The van der Waals surface area contributed by atoms with Gasteiger partial charge in [0.25, 0.3) is 0 Å². The van der Waals surface area contributed by atoms with E-state index in [9.17, 15) is 4.79 Å². The highest BCUT2D eigenvalue weighted by atomic mass is 16.5. The van der Waals surface area contributed by atoms with E-state index in [0.29, 0.717) is 12.3 Å². The van der Waals surface area contributed by atoms with Gasteiger partial charge in [-0.2, -0.15) is 0 Å². The molecule has 3 fully saturated rings. The molecule has 5 nitrogen and oxygen atoms in total. The number of nitrogens with zero attached hydrogens (tertiary/aromatic N) is 3. The van der Waals surface area contributed by atoms with Crippen LogP contribution in [0.3, 0.4) is 0 Å². The first-order valence-electron chi connectivity index (χ1n) is 10.5. The zero-order valence-electron chi connectivity index (χ0n) is 16.6. The lowest BCUT2D eigenvalue weighted by molar-refractivity contribution is -0.138. The number of ether oxygens (including phenoxy) is 1. The molecule has 0 bridgehead atoms. The van der Waals surface area contributed by atoms with Gasteiger partial charge in [0.05, 0.1) is 18.6 Å². The van der Waals surface area contributed by atoms with Crippen molar-refractivity contribution in [3.8, 4) is 0 Å². The number of hydrogen-bond acceptors (Lipinski definition) is 4. The fraction of sp³-hybridized carbons (Fsp3) is 0.682. The third-order valence-electron chi connectivity index (χ3n) is 6.49. The summed E-state index contributed by atoms with van der Waals surface area (Å²) in [5.41, 5.74) is 1.00. The quantitative estimate of drug-likeness (QED) is 0.810. The zero-order chi connectivity index (χ0) is 18.7. The van der Waals surface area contributed by atoms with E-state index < -0.39 is 0 Å². The summed E-state index contributed by atoms with van der Waals surface area (Å²) in [7, 11) is 2.20. The summed E-state index contributed by atoms with van der Waals surface area (Å²) >= 11 is 0. The molecule has 0 aromatic heterocycles. The van der Waals surface area contributed by atoms with Crippen molar-refractivity contribution in [1.82, 2.24) is 14.7 Å². The summed E-state index contributed by atoms with van der Waals surface area (Å²) in [6, 6.07) is 10.1. The normalized spacial score (nSPS) is 30.1. The van der Waals surface area contributed by atoms with Crippen LogP contribution in [0.15, 0.2) is 30.3 Å². The molecule has 0 aliphatic carbocycles. The lowest BCUT2D eigenvalue weighted by Crippen LogP contribution is -2.50. The fourth-order valence-corrected chi connectivity index (χ4v) is 4.93. The molecular weight excluding hydrogens is 338 g/mol. The molecule has 1 spiro atoms. The number of likely N-dealkylation sites (N-methyl/N-ethyl adjacent to an activating group) is 1. The van der Waals surface area contributed by atoms with Gasteiger partial charge in [-0.25, -0.2) is 0 Å². The van der Waals surface area contributed by atoms with Gasteiger partial charge in [-0.1, -0.05) is 30.3 Å². The van der Waals surface area contributed by atoms with Crippen LogP contribution in [0, 0.1) is 5.92 Å². The maximum atomic E-state index is 12.8. The summed E-state index contributed by atoms with van der Waals surface area (Å²) < 4.78 is 6.36. The smallest absolute Gasteiger partial charge is 0.227 e. The van der Waals surface area contributed by atoms with Crippen molar-refractivity contribution < 1.29 is 9.53 Å². The van der Waals surface area contributed by atoms with Crippen LogP contribution in [0.5, 0.6) is 0 Å². The largest absolute Gasteiger partial charge is 0.373 e. The standard InChI is InChI=1S/C22H33N3O2/c1-23-10-12-24(13-11-23)16-20-15-22(27-17-20)8-5-9-25(18-22)21(26)14-19-6-3-2-4-7-19/h2-4,6-7,20H,5,8-18H2,1H3/t20-,22+/m1/s1. The first-order valence-corrected chi connectivity index (χ1v) is 10.5. The minimum Gasteiger partial charge on any atom is -0.373 e. The van der Waals surface area contributed by atoms with Gasteiger partial charge in [0.15, 0.2) is 0 Å². The van der Waals surface area contributed by atoms with E-state index in [2.05, 4.69) is 21.7 Å². The highest BCUT2D eigenvalue weighted by Crippen LogP contribution is 2.38. The maximum Gasteiger partial charge on any atom is 0.227 e. The summed E-state index contributed by atoms with van der Waals surface area (Å²) in [6.07, 6.45) is 3.76. The van der Waals surface area contributed by atoms with E-state index >= 15 is 0 Å². The molecule has 4 rings (SSSR count). The van der Waals surface area contributed by atoms with Crippen molar-refractivity contribution >= 4 is 5.91 Å². The highest BCUT2D eigenvalue weighted by molar-refractivity contribution is 5.79. The number of piperidine rings is 1. The highest BCUT2D eigenvalue weighted by Gasteiger charge is 2.44. The second kappa shape index (κ2) is 8.29. The van der Waals surface area contributed by atoms with Crippen molar-refractivity contribution in [2.24, 2.45) is 5.92 Å². The zero-order valence-corrected chi connectivity index (χ0v) is 16.6. The van der Waals surface area contributed by atoms with Gasteiger partial charge in [-0.3, -0.25) is 4.79 Å². The van der Waals surface area contributed by atoms with E-state index in [1.807, 2.05) is 30.3 Å². The van der Waals surface area contributed by atoms with Gasteiger partial charge in [-0.05, 0) is 37.8 Å². The van der Waals surface area contributed by atoms with Gasteiger partial charge < -0.3 is 19.4 Å². The Hall–Kier alpha value is -1.43. The Balaban J connectivity index is 1.30. The first kappa shape index (κ1) is 18.9. The Labute approximate surface area is 163 Å². The predicted molar refractivity (Wildman–Crippen MR) is 107 cm³/mol. The summed E-state index contributed by atoms with van der Waals surface area (Å²) in [6.45, 7) is 8.32. The minimum absolute atomic E-state index is 0.0954. The molecule has 2 atom stereocenters. The van der Waals surface area contributed by atoms with Crippen LogP contribution in [0.1, 0.15) is 24.8 Å². The molecule has 3 saturated heterocycles. The summed E-state index contributed by atoms with van der Waals surface area (Å²) in [5, 5.41) is 0. The van der Waals surface area contributed by atoms with Gasteiger partial charge in [0.1, 0.15) is 0 Å². The average Bonchev–Trinajstić information content (AvgIpc) is 3.06. The molecule has 148 valence electrons. The summed E-state index contributed by atoms with van der Waals surface area (Å²) in [4.78, 5) is 19.8. The van der Waals surface area contributed by atoms with Crippen molar-refractivity contribution in [2.75, 3.05) is 59.5 Å². The molecule has 0 radical (unpaired) electrons. The number of rotatable bonds is 4. The van der Waals surface area contributed by atoms with Crippen LogP contribution < -0.4 is 0 Å². The van der Waals surface area contributed by atoms with Crippen LogP contribution in [0.25, 0.3) is 0 Å². The van der Waals surface area contributed by atoms with Crippen molar-refractivity contribution in [1.29, 1.82) is 0 Å². The Morgan fingerprint density at radius 3 is 2.70 bits per heavy atom. The third-order valence-corrected chi connectivity index (χ3v) is 6.49. The molecular formula is C22H33N3O2. The van der Waals surface area contributed by atoms with Crippen molar-refractivity contribution in [3.63, 3.8) is 0 Å². The third kappa shape index (κ3) is 4.71. The number of hydrogen-bond donors (Lipinski definition) is 0. The van der Waals surface area contributed by atoms with E-state index in [4.69, 9.17) is 4.74 Å². The van der Waals surface area contributed by atoms with Crippen LogP contribution in [-0.4, -0.2) is 85.7 Å². The Morgan fingerprint density at radius 1 is 1.15 bits per heavy atom. The van der Waals surface area contributed by atoms with Crippen LogP contribution in [0.2, 0.25) is 0 Å². The number of amides is 1. The maximum absolute atomic E-state index is 12.8. The SMILES string of the molecule is CN1CCN(C[C@@H]2CO[C@@]3(CCCN(C(=O)Cc4ccccc4)C3)C2)CC1. The molecule has 0 N–H and O–H groups in total. The van der Waals surface area contributed by atoms with Gasteiger partial charge in [0, 0.05) is 45.8 Å². The molecule has 1 aromatic carbocycles. The molecule has 0 saturated carbocycles. The van der Waals surface area contributed by atoms with Gasteiger partial charge in [-0.15, -0.1) is 0 Å². The summed E-state index contributed by atoms with van der Waals surface area (Å²) in [5.74, 6) is 0.851. The lowest BCUT2D eigenvalue weighted by Gasteiger charge is -2.40. The second-order valence-electron chi connectivity index (χ2n) is 8.75. The van der Waals surface area contributed by atoms with E-state index in [1.165, 1.54) is 26.2 Å². The molecule has 5 heteroatoms. The van der Waals surface area contributed by atoms with Crippen molar-refractivity contribution in [2.45, 2.75) is 31.3 Å². The van der Waals surface area contributed by atoms with Gasteiger partial charge >= 0.3 is 0 Å². The van der Waals surface area contributed by atoms with E-state index in [-0.39, 0.29) is 11.5 Å². The monoisotopic (exact) mass is 371 g/mol. The van der Waals surface area contributed by atoms with E-state index in [0.717, 1.165) is 51.1 Å². The van der Waals surface area contributed by atoms with Crippen molar-refractivity contribution in [3.05, 3.63) is 35.9 Å². The molecule has 3 aliphatic rings. The molecule has 1 aromatic rings. The van der Waals surface area contributed by atoms with E-state index in [1.54, 1.807) is 0 Å². The molecule has 3 aliphatic heterocycles. The van der Waals surface area contributed by atoms with Crippen LogP contribution in [0.4, 0.5) is 0 Å². The average molecular weight is 372 g/mol. The Kier molecular flexibility index (Phi) is 5.81. The van der Waals surface area contributed by atoms with Crippen LogP contribution >= 0.6 is 0 Å². The van der Waals surface area contributed by atoms with Crippen LogP contribution in [-0.2, 0) is 16.0 Å². The number of likely N-dealkylation sites (tertiary alicyclic amines) is 1. The second-order valence-corrected chi connectivity index (χ2v) is 8.75. The number of carbonyl (C=O) groups excluding carboxylic acids is 1. The predicted octanol–water partition coefficient (Wildman–Crippen LogP) is 1.87. The topological polar surface area (TPSA) is 36.0 Å². The minimum atomic E-state index is -0.0954. The van der Waals surface area contributed by atoms with Gasteiger partial charge in [0.2, 0.25) is 5.91 Å². The number of benzene rings is 1. The molecule has 1 amide bonds. The molecule has 3 heterocycles. The molecule has 0 unspecified atom stereocenters.